The Bertz CT molecular complexity index is 756. The summed E-state index contributed by atoms with van der Waals surface area (Å²) in [6.07, 6.45) is 12.7. The molecule has 0 unspecified atom stereocenters. The van der Waals surface area contributed by atoms with Gasteiger partial charge in [-0.15, -0.1) is 0 Å². The molecule has 152 valence electrons. The van der Waals surface area contributed by atoms with Crippen LogP contribution < -0.4 is 0 Å². The number of carbonyl (C=O) groups is 2. The van der Waals surface area contributed by atoms with E-state index in [1.807, 2.05) is 32.0 Å². The van der Waals surface area contributed by atoms with Gasteiger partial charge >= 0.3 is 0 Å². The van der Waals surface area contributed by atoms with E-state index in [2.05, 4.69) is 0 Å². The van der Waals surface area contributed by atoms with E-state index >= 15 is 0 Å². The molecule has 1 aliphatic heterocycles. The van der Waals surface area contributed by atoms with Crippen LogP contribution >= 0.6 is 11.6 Å². The first-order valence-corrected chi connectivity index (χ1v) is 11.2. The molecule has 2 aliphatic rings. The Balaban J connectivity index is 1.80. The van der Waals surface area contributed by atoms with Crippen LogP contribution in [0.2, 0.25) is 0 Å². The van der Waals surface area contributed by atoms with E-state index in [1.165, 1.54) is 49.8 Å². The molecule has 0 N–H and O–H groups in total. The number of hydrogen-bond acceptors (Lipinski definition) is 2. The molecule has 0 radical (unpaired) electrons. The molecule has 4 heteroatoms. The molecular weight excluding hydrogens is 370 g/mol. The predicted octanol–water partition coefficient (Wildman–Crippen LogP) is 6.30. The molecule has 1 aromatic carbocycles. The van der Waals surface area contributed by atoms with Crippen LogP contribution in [-0.2, 0) is 9.59 Å². The Morgan fingerprint density at radius 2 is 1.32 bits per heavy atom. The van der Waals surface area contributed by atoms with Gasteiger partial charge in [-0.05, 0) is 43.4 Å². The highest BCUT2D eigenvalue weighted by atomic mass is 35.5. The summed E-state index contributed by atoms with van der Waals surface area (Å²) in [5.74, 6) is -0.521. The summed E-state index contributed by atoms with van der Waals surface area (Å²) in [6, 6.07) is 5.81. The van der Waals surface area contributed by atoms with Gasteiger partial charge in [0.15, 0.2) is 0 Å². The molecule has 1 aromatic rings. The van der Waals surface area contributed by atoms with E-state index in [0.717, 1.165) is 42.4 Å². The number of benzene rings is 1. The standard InChI is InChI=1S/C24H32ClNO2/c1-17-14-15-19(16-18(17)2)21-22(25)24(28)26(23(21)27)20-12-10-8-6-4-3-5-7-9-11-13-20/h14-16,20H,3-13H2,1-2H3. The zero-order valence-electron chi connectivity index (χ0n) is 17.2. The number of aryl methyl sites for hydroxylation is 2. The Morgan fingerprint density at radius 1 is 0.786 bits per heavy atom. The average molecular weight is 402 g/mol. The SMILES string of the molecule is Cc1ccc(C2=C(Cl)C(=O)N(C3CCCCCCCCCCC3)C2=O)cc1C. The predicted molar refractivity (Wildman–Crippen MR) is 115 cm³/mol. The lowest BCUT2D eigenvalue weighted by Gasteiger charge is -2.27. The zero-order valence-corrected chi connectivity index (χ0v) is 18.0. The van der Waals surface area contributed by atoms with Crippen LogP contribution in [0.3, 0.4) is 0 Å². The molecule has 1 fully saturated rings. The lowest BCUT2D eigenvalue weighted by molar-refractivity contribution is -0.139. The minimum Gasteiger partial charge on any atom is -0.270 e. The second-order valence-electron chi connectivity index (χ2n) is 8.38. The van der Waals surface area contributed by atoms with Crippen LogP contribution in [0.25, 0.3) is 5.57 Å². The summed E-state index contributed by atoms with van der Waals surface area (Å²) < 4.78 is 0. The number of hydrogen-bond donors (Lipinski definition) is 0. The molecule has 0 spiro atoms. The second-order valence-corrected chi connectivity index (χ2v) is 8.76. The van der Waals surface area contributed by atoms with Gasteiger partial charge in [0.05, 0.1) is 5.57 Å². The van der Waals surface area contributed by atoms with Crippen molar-refractivity contribution in [2.24, 2.45) is 0 Å². The van der Waals surface area contributed by atoms with Crippen LogP contribution in [0.15, 0.2) is 23.2 Å². The molecule has 28 heavy (non-hydrogen) atoms. The average Bonchev–Trinajstić information content (AvgIpc) is 2.88. The van der Waals surface area contributed by atoms with Crippen LogP contribution in [-0.4, -0.2) is 22.8 Å². The number of rotatable bonds is 2. The maximum Gasteiger partial charge on any atom is 0.273 e. The smallest absolute Gasteiger partial charge is 0.270 e. The third-order valence-electron chi connectivity index (χ3n) is 6.29. The van der Waals surface area contributed by atoms with Crippen molar-refractivity contribution in [3.8, 4) is 0 Å². The molecule has 0 saturated heterocycles. The van der Waals surface area contributed by atoms with Gasteiger partial charge in [-0.1, -0.05) is 87.6 Å². The minimum absolute atomic E-state index is 0.0304. The summed E-state index contributed by atoms with van der Waals surface area (Å²) in [7, 11) is 0. The summed E-state index contributed by atoms with van der Waals surface area (Å²) in [6.45, 7) is 4.05. The van der Waals surface area contributed by atoms with Crippen molar-refractivity contribution in [2.45, 2.75) is 90.5 Å². The number of halogens is 1. The third-order valence-corrected chi connectivity index (χ3v) is 6.64. The van der Waals surface area contributed by atoms with Crippen LogP contribution in [0, 0.1) is 13.8 Å². The van der Waals surface area contributed by atoms with E-state index in [0.29, 0.717) is 5.57 Å². The maximum absolute atomic E-state index is 13.3. The fourth-order valence-corrected chi connectivity index (χ4v) is 4.68. The van der Waals surface area contributed by atoms with E-state index in [-0.39, 0.29) is 22.9 Å². The molecule has 3 rings (SSSR count). The van der Waals surface area contributed by atoms with Crippen molar-refractivity contribution < 1.29 is 9.59 Å². The molecular formula is C24H32ClNO2. The van der Waals surface area contributed by atoms with E-state index < -0.39 is 0 Å². The van der Waals surface area contributed by atoms with Gasteiger partial charge < -0.3 is 0 Å². The first-order chi connectivity index (χ1) is 13.5. The molecule has 2 amide bonds. The number of carbonyl (C=O) groups excluding carboxylic acids is 2. The Kier molecular flexibility index (Phi) is 7.34. The highest BCUT2D eigenvalue weighted by molar-refractivity contribution is 6.55. The van der Waals surface area contributed by atoms with Crippen molar-refractivity contribution in [1.29, 1.82) is 0 Å². The third kappa shape index (κ3) is 4.68. The van der Waals surface area contributed by atoms with E-state index in [1.54, 1.807) is 0 Å². The highest BCUT2D eigenvalue weighted by Gasteiger charge is 2.41. The molecule has 1 aliphatic carbocycles. The molecule has 0 bridgehead atoms. The second kappa shape index (κ2) is 9.73. The summed E-state index contributed by atoms with van der Waals surface area (Å²) >= 11 is 6.41. The molecule has 0 atom stereocenters. The fraction of sp³-hybridized carbons (Fsp3) is 0.583. The Morgan fingerprint density at radius 3 is 1.86 bits per heavy atom. The van der Waals surface area contributed by atoms with Gasteiger partial charge in [-0.3, -0.25) is 14.5 Å². The maximum atomic E-state index is 13.3. The summed E-state index contributed by atoms with van der Waals surface area (Å²) in [5, 5.41) is 0.0827. The quantitative estimate of drug-likeness (QED) is 0.545. The summed E-state index contributed by atoms with van der Waals surface area (Å²) in [5.41, 5.74) is 3.38. The van der Waals surface area contributed by atoms with Gasteiger partial charge in [0, 0.05) is 6.04 Å². The number of imide groups is 1. The topological polar surface area (TPSA) is 37.4 Å². The van der Waals surface area contributed by atoms with Crippen LogP contribution in [0.1, 0.15) is 87.3 Å². The van der Waals surface area contributed by atoms with Crippen molar-refractivity contribution in [3.05, 3.63) is 39.9 Å². The highest BCUT2D eigenvalue weighted by Crippen LogP contribution is 2.35. The van der Waals surface area contributed by atoms with Crippen molar-refractivity contribution in [1.82, 2.24) is 4.90 Å². The zero-order chi connectivity index (χ0) is 20.1. The lowest BCUT2D eigenvalue weighted by Crippen LogP contribution is -2.41. The number of amides is 2. The first kappa shape index (κ1) is 21.1. The molecule has 1 heterocycles. The lowest BCUT2D eigenvalue weighted by atomic mass is 9.96. The van der Waals surface area contributed by atoms with Crippen molar-refractivity contribution in [2.75, 3.05) is 0 Å². The Hall–Kier alpha value is -1.61. The van der Waals surface area contributed by atoms with Gasteiger partial charge in [0.1, 0.15) is 5.03 Å². The van der Waals surface area contributed by atoms with Gasteiger partial charge in [-0.2, -0.15) is 0 Å². The normalized spacial score (nSPS) is 21.0. The van der Waals surface area contributed by atoms with E-state index in [4.69, 9.17) is 11.6 Å². The largest absolute Gasteiger partial charge is 0.273 e. The fourth-order valence-electron chi connectivity index (χ4n) is 4.40. The number of nitrogens with zero attached hydrogens (tertiary/aromatic N) is 1. The van der Waals surface area contributed by atoms with Crippen molar-refractivity contribution in [3.63, 3.8) is 0 Å². The van der Waals surface area contributed by atoms with Crippen LogP contribution in [0.4, 0.5) is 0 Å². The molecule has 0 aromatic heterocycles. The van der Waals surface area contributed by atoms with Crippen LogP contribution in [0.5, 0.6) is 0 Å². The Labute approximate surface area is 174 Å². The van der Waals surface area contributed by atoms with Crippen molar-refractivity contribution >= 4 is 29.0 Å². The van der Waals surface area contributed by atoms with Gasteiger partial charge in [0.2, 0.25) is 0 Å². The van der Waals surface area contributed by atoms with Gasteiger partial charge in [0.25, 0.3) is 11.8 Å². The van der Waals surface area contributed by atoms with Gasteiger partial charge in [-0.25, -0.2) is 0 Å². The molecule has 1 saturated carbocycles. The summed E-state index contributed by atoms with van der Waals surface area (Å²) in [4.78, 5) is 27.7. The molecule has 3 nitrogen and oxygen atoms in total. The first-order valence-electron chi connectivity index (χ1n) is 10.9. The minimum atomic E-state index is -0.308. The van der Waals surface area contributed by atoms with E-state index in [9.17, 15) is 9.59 Å². The monoisotopic (exact) mass is 401 g/mol.